The molecular formula is C14H16ClF3NO2-. The van der Waals surface area contributed by atoms with Crippen molar-refractivity contribution in [1.82, 2.24) is 5.32 Å². The minimum absolute atomic E-state index is 0. The smallest absolute Gasteiger partial charge is 0.573 e. The van der Waals surface area contributed by atoms with Crippen molar-refractivity contribution in [2.75, 3.05) is 13.1 Å². The summed E-state index contributed by atoms with van der Waals surface area (Å²) < 4.78 is 63.9. The van der Waals surface area contributed by atoms with Gasteiger partial charge >= 0.3 is 6.36 Å². The second-order valence-corrected chi connectivity index (χ2v) is 5.07. The van der Waals surface area contributed by atoms with Crippen LogP contribution in [0, 0.1) is 0 Å². The zero-order valence-corrected chi connectivity index (χ0v) is 11.9. The molecule has 2 aliphatic rings. The number of hydrogen-bond donors (Lipinski definition) is 1. The lowest BCUT2D eigenvalue weighted by Crippen LogP contribution is -3.00. The lowest BCUT2D eigenvalue weighted by Gasteiger charge is -2.42. The lowest BCUT2D eigenvalue weighted by molar-refractivity contribution is -0.275. The first-order valence-electron chi connectivity index (χ1n) is 7.50. The van der Waals surface area contributed by atoms with Crippen molar-refractivity contribution in [3.63, 3.8) is 0 Å². The molecule has 1 spiro atoms. The first-order chi connectivity index (χ1) is 10.2. The molecule has 3 nitrogen and oxygen atoms in total. The fraction of sp³-hybridized carbons (Fsp3) is 0.571. The Morgan fingerprint density at radius 3 is 2.62 bits per heavy atom. The molecule has 1 saturated heterocycles. The summed E-state index contributed by atoms with van der Waals surface area (Å²) in [6, 6.07) is 4.00. The first kappa shape index (κ1) is 13.5. The van der Waals surface area contributed by atoms with Crippen LogP contribution in [0.1, 0.15) is 27.6 Å². The molecule has 2 heterocycles. The van der Waals surface area contributed by atoms with Gasteiger partial charge in [-0.2, -0.15) is 0 Å². The molecule has 1 fully saturated rings. The molecule has 0 aromatic heterocycles. The van der Waals surface area contributed by atoms with Gasteiger partial charge in [-0.15, -0.1) is 13.2 Å². The number of alkyl halides is 3. The van der Waals surface area contributed by atoms with Crippen LogP contribution in [0.4, 0.5) is 13.2 Å². The molecule has 118 valence electrons. The highest BCUT2D eigenvalue weighted by atomic mass is 35.5. The van der Waals surface area contributed by atoms with Crippen molar-refractivity contribution in [3.8, 4) is 11.5 Å². The number of hydrogen-bond acceptors (Lipinski definition) is 3. The summed E-state index contributed by atoms with van der Waals surface area (Å²) >= 11 is 0. The maximum Gasteiger partial charge on any atom is 0.573 e. The van der Waals surface area contributed by atoms with E-state index in [9.17, 15) is 13.2 Å². The van der Waals surface area contributed by atoms with Crippen LogP contribution in [0.5, 0.6) is 11.5 Å². The number of fused-ring (bicyclic) bond motifs is 1. The van der Waals surface area contributed by atoms with Crippen LogP contribution in [0.15, 0.2) is 18.2 Å². The third-order valence-electron chi connectivity index (χ3n) is 3.64. The zero-order valence-electron chi connectivity index (χ0n) is 13.1. The van der Waals surface area contributed by atoms with Gasteiger partial charge in [0, 0.05) is 8.30 Å². The van der Waals surface area contributed by atoms with Crippen LogP contribution in [0.3, 0.4) is 0 Å². The van der Waals surface area contributed by atoms with Crippen molar-refractivity contribution < 1.29 is 37.8 Å². The average Bonchev–Trinajstić information content (AvgIpc) is 2.35. The largest absolute Gasteiger partial charge is 1.00 e. The fourth-order valence-electron chi connectivity index (χ4n) is 2.66. The zero-order chi connectivity index (χ0) is 16.0. The minimum Gasteiger partial charge on any atom is -1.00 e. The molecule has 3 rings (SSSR count). The predicted molar refractivity (Wildman–Crippen MR) is 66.9 cm³/mol. The highest BCUT2D eigenvalue weighted by Crippen LogP contribution is 2.42. The Morgan fingerprint density at radius 1 is 1.24 bits per heavy atom. The van der Waals surface area contributed by atoms with E-state index in [2.05, 4.69) is 10.1 Å². The minimum atomic E-state index is -4.87. The first-order valence-corrected chi connectivity index (χ1v) is 6.50. The van der Waals surface area contributed by atoms with Gasteiger partial charge in [0.25, 0.3) is 0 Å². The van der Waals surface area contributed by atoms with E-state index >= 15 is 0 Å². The molecule has 0 radical (unpaired) electrons. The van der Waals surface area contributed by atoms with Gasteiger partial charge < -0.3 is 27.2 Å². The molecule has 0 atom stereocenters. The maximum atomic E-state index is 12.5. The van der Waals surface area contributed by atoms with Gasteiger partial charge in [0.1, 0.15) is 17.1 Å². The number of rotatable bonds is 1. The lowest BCUT2D eigenvalue weighted by atomic mass is 9.83. The van der Waals surface area contributed by atoms with Gasteiger partial charge in [-0.1, -0.05) is 6.07 Å². The molecule has 1 N–H and O–H groups in total. The molecular weight excluding hydrogens is 307 g/mol. The van der Waals surface area contributed by atoms with Crippen LogP contribution in [0.2, 0.25) is 0 Å². The molecule has 0 saturated carbocycles. The second-order valence-electron chi connectivity index (χ2n) is 5.07. The van der Waals surface area contributed by atoms with E-state index in [0.717, 1.165) is 6.07 Å². The highest BCUT2D eigenvalue weighted by Gasteiger charge is 2.39. The Morgan fingerprint density at radius 2 is 1.95 bits per heavy atom. The number of nitrogens with one attached hydrogen (secondary N) is 1. The fourth-order valence-corrected chi connectivity index (χ4v) is 2.66. The highest BCUT2D eigenvalue weighted by molar-refractivity contribution is 5.46. The Bertz CT molecular complexity index is 578. The van der Waals surface area contributed by atoms with E-state index in [1.165, 1.54) is 12.1 Å². The Kier molecular flexibility index (Phi) is 3.82. The van der Waals surface area contributed by atoms with E-state index in [4.69, 9.17) is 7.48 Å². The van der Waals surface area contributed by atoms with Crippen LogP contribution in [-0.4, -0.2) is 25.1 Å². The van der Waals surface area contributed by atoms with Crippen molar-refractivity contribution in [2.24, 2.45) is 0 Å². The molecule has 0 bridgehead atoms. The second kappa shape index (κ2) is 5.93. The Hall–Kier alpha value is -1.14. The van der Waals surface area contributed by atoms with E-state index < -0.39 is 24.1 Å². The average molecular weight is 325 g/mol. The monoisotopic (exact) mass is 324 g/mol. The summed E-state index contributed by atoms with van der Waals surface area (Å²) in [5.74, 6) is -0.390. The van der Waals surface area contributed by atoms with E-state index in [1.54, 1.807) is 0 Å². The topological polar surface area (TPSA) is 30.5 Å². The molecule has 0 unspecified atom stereocenters. The van der Waals surface area contributed by atoms with Gasteiger partial charge in [-0.3, -0.25) is 0 Å². The van der Waals surface area contributed by atoms with Gasteiger partial charge in [0.2, 0.25) is 0 Å². The number of ether oxygens (including phenoxy) is 2. The summed E-state index contributed by atoms with van der Waals surface area (Å²) in [5.41, 5.74) is -0.824. The molecule has 0 amide bonds. The molecule has 1 aromatic rings. The molecule has 0 aliphatic carbocycles. The van der Waals surface area contributed by atoms with E-state index in [1.807, 2.05) is 0 Å². The standard InChI is InChI=1S/C14H16F3NO2.ClH/c15-14(16,17)20-12-3-1-2-11-10(12)4-5-13(19-11)6-8-18-9-7-13;/h1-3,18H,4-9H2;1H/p-1/i4D2;. The van der Waals surface area contributed by atoms with Gasteiger partial charge in [-0.25, -0.2) is 0 Å². The molecule has 1 aromatic carbocycles. The van der Waals surface area contributed by atoms with Gasteiger partial charge in [0.05, 0.1) is 0 Å². The number of halogens is 4. The van der Waals surface area contributed by atoms with Crippen LogP contribution in [-0.2, 0) is 6.37 Å². The van der Waals surface area contributed by atoms with E-state index in [0.29, 0.717) is 25.9 Å². The summed E-state index contributed by atoms with van der Waals surface area (Å²) in [5, 5.41) is 3.17. The third kappa shape index (κ3) is 3.55. The van der Waals surface area contributed by atoms with Gasteiger partial charge in [-0.05, 0) is 50.9 Å². The summed E-state index contributed by atoms with van der Waals surface area (Å²) in [6.07, 6.45) is -5.54. The van der Waals surface area contributed by atoms with Crippen molar-refractivity contribution in [1.29, 1.82) is 0 Å². The molecule has 7 heteroatoms. The number of piperidine rings is 1. The van der Waals surface area contributed by atoms with Crippen LogP contribution < -0.4 is 27.2 Å². The van der Waals surface area contributed by atoms with Crippen molar-refractivity contribution >= 4 is 0 Å². The normalized spacial score (nSPS) is 24.0. The van der Waals surface area contributed by atoms with Crippen molar-refractivity contribution in [3.05, 3.63) is 23.8 Å². The van der Waals surface area contributed by atoms with E-state index in [-0.39, 0.29) is 30.1 Å². The maximum absolute atomic E-state index is 12.5. The Labute approximate surface area is 130 Å². The van der Waals surface area contributed by atoms with Gasteiger partial charge in [0.15, 0.2) is 0 Å². The Balaban J connectivity index is 0.00000192. The number of benzene rings is 1. The summed E-state index contributed by atoms with van der Waals surface area (Å²) in [6.45, 7) is 1.40. The SMILES string of the molecule is [2H]C1([2H])CC2(CCNCC2)Oc2cccc(OC(F)(F)F)c21.[Cl-]. The molecule has 2 aliphatic heterocycles. The van der Waals surface area contributed by atoms with Crippen molar-refractivity contribution in [2.45, 2.75) is 37.6 Å². The summed E-state index contributed by atoms with van der Waals surface area (Å²) in [7, 11) is 0. The predicted octanol–water partition coefficient (Wildman–Crippen LogP) is 0.0364. The van der Waals surface area contributed by atoms with Crippen LogP contribution in [0.25, 0.3) is 0 Å². The van der Waals surface area contributed by atoms with Crippen LogP contribution >= 0.6 is 0 Å². The summed E-state index contributed by atoms with van der Waals surface area (Å²) in [4.78, 5) is 0. The third-order valence-corrected chi connectivity index (χ3v) is 3.64. The molecule has 21 heavy (non-hydrogen) atoms. The quantitative estimate of drug-likeness (QED) is 0.791.